The lowest BCUT2D eigenvalue weighted by Gasteiger charge is -2.09. The van der Waals surface area contributed by atoms with E-state index in [0.29, 0.717) is 12.0 Å². The minimum Gasteiger partial charge on any atom is -0.478 e. The topological polar surface area (TPSA) is 78.9 Å². The molecule has 5 nitrogen and oxygen atoms in total. The minimum atomic E-state index is -0.940. The maximum Gasteiger partial charge on any atom is 0.336 e. The number of H-pyrrole nitrogens is 1. The largest absolute Gasteiger partial charge is 0.478 e. The van der Waals surface area contributed by atoms with E-state index in [2.05, 4.69) is 15.0 Å². The van der Waals surface area contributed by atoms with Gasteiger partial charge >= 0.3 is 5.97 Å². The fraction of sp³-hybridized carbons (Fsp3) is 0.0455. The van der Waals surface area contributed by atoms with Crippen molar-refractivity contribution in [2.24, 2.45) is 0 Å². The lowest BCUT2D eigenvalue weighted by atomic mass is 9.96. The zero-order chi connectivity index (χ0) is 19.3. The van der Waals surface area contributed by atoms with E-state index < -0.39 is 5.97 Å². The highest BCUT2D eigenvalue weighted by Crippen LogP contribution is 2.28. The number of aromatic carboxylic acids is 1. The summed E-state index contributed by atoms with van der Waals surface area (Å²) in [6.45, 7) is 0. The maximum atomic E-state index is 11.7. The van der Waals surface area contributed by atoms with Gasteiger partial charge in [-0.05, 0) is 40.5 Å². The smallest absolute Gasteiger partial charge is 0.336 e. The van der Waals surface area contributed by atoms with Crippen LogP contribution in [-0.2, 0) is 6.42 Å². The van der Waals surface area contributed by atoms with Crippen molar-refractivity contribution in [2.45, 2.75) is 6.42 Å². The monoisotopic (exact) mass is 387 g/mol. The first-order valence-electron chi connectivity index (χ1n) is 8.72. The highest BCUT2D eigenvalue weighted by molar-refractivity contribution is 7.10. The Bertz CT molecular complexity index is 1100. The summed E-state index contributed by atoms with van der Waals surface area (Å²) < 4.78 is 0. The lowest BCUT2D eigenvalue weighted by molar-refractivity contribution is 0.0697. The van der Waals surface area contributed by atoms with Crippen LogP contribution in [0.2, 0.25) is 0 Å². The summed E-state index contributed by atoms with van der Waals surface area (Å²) in [4.78, 5) is 23.6. The van der Waals surface area contributed by atoms with Crippen molar-refractivity contribution in [1.29, 1.82) is 0 Å². The SMILES string of the molecule is O=C(O)c1ccc(C=C(Cc2ncc[nH]2)c2nccs2)cc1-c1ccccc1. The van der Waals surface area contributed by atoms with Gasteiger partial charge in [0.15, 0.2) is 0 Å². The van der Waals surface area contributed by atoms with Crippen molar-refractivity contribution in [1.82, 2.24) is 15.0 Å². The molecule has 0 bridgehead atoms. The van der Waals surface area contributed by atoms with Gasteiger partial charge in [-0.3, -0.25) is 0 Å². The van der Waals surface area contributed by atoms with Crippen LogP contribution in [-0.4, -0.2) is 26.0 Å². The summed E-state index contributed by atoms with van der Waals surface area (Å²) >= 11 is 1.57. The molecule has 0 atom stereocenters. The molecule has 4 rings (SSSR count). The first kappa shape index (κ1) is 17.9. The third kappa shape index (κ3) is 3.92. The number of nitrogens with zero attached hydrogens (tertiary/aromatic N) is 2. The molecule has 0 saturated carbocycles. The first-order chi connectivity index (χ1) is 13.7. The van der Waals surface area contributed by atoms with Crippen molar-refractivity contribution < 1.29 is 9.90 Å². The van der Waals surface area contributed by atoms with Gasteiger partial charge in [0.25, 0.3) is 0 Å². The van der Waals surface area contributed by atoms with Crippen LogP contribution in [0.15, 0.2) is 72.5 Å². The van der Waals surface area contributed by atoms with E-state index in [0.717, 1.165) is 27.5 Å². The second kappa shape index (κ2) is 8.02. The van der Waals surface area contributed by atoms with Gasteiger partial charge in [0.1, 0.15) is 10.8 Å². The third-order valence-electron chi connectivity index (χ3n) is 4.32. The zero-order valence-electron chi connectivity index (χ0n) is 14.9. The van der Waals surface area contributed by atoms with Gasteiger partial charge in [0.2, 0.25) is 0 Å². The number of aromatic nitrogens is 3. The van der Waals surface area contributed by atoms with Crippen molar-refractivity contribution in [2.75, 3.05) is 0 Å². The molecule has 0 unspecified atom stereocenters. The number of aromatic amines is 1. The van der Waals surface area contributed by atoms with Gasteiger partial charge in [-0.25, -0.2) is 14.8 Å². The molecule has 6 heteroatoms. The summed E-state index contributed by atoms with van der Waals surface area (Å²) in [5.74, 6) is -0.0861. The highest BCUT2D eigenvalue weighted by Gasteiger charge is 2.13. The highest BCUT2D eigenvalue weighted by atomic mass is 32.1. The second-order valence-electron chi connectivity index (χ2n) is 6.20. The molecule has 2 N–H and O–H groups in total. The molecular formula is C22H17N3O2S. The zero-order valence-corrected chi connectivity index (χ0v) is 15.7. The summed E-state index contributed by atoms with van der Waals surface area (Å²) in [6, 6.07) is 14.9. The van der Waals surface area contributed by atoms with Crippen LogP contribution in [0.5, 0.6) is 0 Å². The van der Waals surface area contributed by atoms with Crippen LogP contribution in [0.1, 0.15) is 26.8 Å². The molecule has 4 aromatic rings. The Labute approximate surface area is 166 Å². The van der Waals surface area contributed by atoms with E-state index in [1.54, 1.807) is 36.0 Å². The molecule has 138 valence electrons. The van der Waals surface area contributed by atoms with Crippen molar-refractivity contribution in [3.63, 3.8) is 0 Å². The summed E-state index contributed by atoms with van der Waals surface area (Å²) in [5, 5.41) is 12.4. The Kier molecular flexibility index (Phi) is 5.12. The van der Waals surface area contributed by atoms with Crippen molar-refractivity contribution in [3.05, 3.63) is 94.5 Å². The van der Waals surface area contributed by atoms with Crippen LogP contribution < -0.4 is 0 Å². The Morgan fingerprint density at radius 3 is 2.64 bits per heavy atom. The van der Waals surface area contributed by atoms with Gasteiger partial charge in [-0.2, -0.15) is 0 Å². The molecule has 0 spiro atoms. The van der Waals surface area contributed by atoms with Gasteiger partial charge in [-0.1, -0.05) is 36.4 Å². The van der Waals surface area contributed by atoms with Gasteiger partial charge in [-0.15, -0.1) is 11.3 Å². The van der Waals surface area contributed by atoms with E-state index in [1.807, 2.05) is 53.9 Å². The number of benzene rings is 2. The van der Waals surface area contributed by atoms with Gasteiger partial charge < -0.3 is 10.1 Å². The number of thiazole rings is 1. The predicted octanol–water partition coefficient (Wildman–Crippen LogP) is 5.01. The number of carboxylic acid groups (broad SMARTS) is 1. The molecule has 2 heterocycles. The van der Waals surface area contributed by atoms with Crippen molar-refractivity contribution >= 4 is 29.0 Å². The Morgan fingerprint density at radius 2 is 1.96 bits per heavy atom. The van der Waals surface area contributed by atoms with Crippen LogP contribution in [0.3, 0.4) is 0 Å². The number of allylic oxidation sites excluding steroid dienone is 1. The second-order valence-corrected chi connectivity index (χ2v) is 7.09. The molecule has 28 heavy (non-hydrogen) atoms. The summed E-state index contributed by atoms with van der Waals surface area (Å²) in [7, 11) is 0. The molecule has 0 radical (unpaired) electrons. The number of rotatable bonds is 6. The summed E-state index contributed by atoms with van der Waals surface area (Å²) in [5.41, 5.74) is 3.79. The fourth-order valence-electron chi connectivity index (χ4n) is 3.04. The molecule has 0 amide bonds. The van der Waals surface area contributed by atoms with Crippen LogP contribution >= 0.6 is 11.3 Å². The molecule has 0 aliphatic rings. The van der Waals surface area contributed by atoms with Crippen LogP contribution in [0.4, 0.5) is 0 Å². The van der Waals surface area contributed by atoms with E-state index in [1.165, 1.54) is 0 Å². The normalized spacial score (nSPS) is 11.5. The van der Waals surface area contributed by atoms with E-state index >= 15 is 0 Å². The van der Waals surface area contributed by atoms with Crippen molar-refractivity contribution in [3.8, 4) is 11.1 Å². The molecule has 0 aliphatic heterocycles. The standard InChI is InChI=1S/C22H17N3O2S/c26-22(27)18-7-6-15(13-19(18)16-4-2-1-3-5-16)12-17(21-25-10-11-28-21)14-20-23-8-9-24-20/h1-13H,14H2,(H,23,24)(H,26,27). The van der Waals surface area contributed by atoms with E-state index in [4.69, 9.17) is 0 Å². The molecule has 2 aromatic heterocycles. The number of carbonyl (C=O) groups is 1. The molecule has 0 aliphatic carbocycles. The lowest BCUT2D eigenvalue weighted by Crippen LogP contribution is -2.00. The van der Waals surface area contributed by atoms with Gasteiger partial charge in [0.05, 0.1) is 5.56 Å². The molecule has 2 aromatic carbocycles. The first-order valence-corrected chi connectivity index (χ1v) is 9.60. The Morgan fingerprint density at radius 1 is 1.11 bits per heavy atom. The molecule has 0 fully saturated rings. The summed E-state index contributed by atoms with van der Waals surface area (Å²) in [6.07, 6.45) is 7.95. The average Bonchev–Trinajstić information content (AvgIpc) is 3.42. The number of hydrogen-bond donors (Lipinski definition) is 2. The van der Waals surface area contributed by atoms with E-state index in [-0.39, 0.29) is 5.56 Å². The maximum absolute atomic E-state index is 11.7. The molecule has 0 saturated heterocycles. The van der Waals surface area contributed by atoms with Crippen LogP contribution in [0, 0.1) is 0 Å². The average molecular weight is 387 g/mol. The minimum absolute atomic E-state index is 0.283. The number of nitrogens with one attached hydrogen (secondary N) is 1. The number of imidazole rings is 1. The number of carboxylic acids is 1. The Hall–Kier alpha value is -3.51. The number of hydrogen-bond acceptors (Lipinski definition) is 4. The Balaban J connectivity index is 1.79. The fourth-order valence-corrected chi connectivity index (χ4v) is 3.70. The van der Waals surface area contributed by atoms with E-state index in [9.17, 15) is 9.90 Å². The van der Waals surface area contributed by atoms with Gasteiger partial charge in [0, 0.05) is 30.4 Å². The predicted molar refractivity (Wildman–Crippen MR) is 111 cm³/mol. The quantitative estimate of drug-likeness (QED) is 0.487. The third-order valence-corrected chi connectivity index (χ3v) is 5.17. The molecular weight excluding hydrogens is 370 g/mol. The van der Waals surface area contributed by atoms with Crippen LogP contribution in [0.25, 0.3) is 22.8 Å².